The first-order valence-electron chi connectivity index (χ1n) is 4.24. The number of benzene rings is 1. The van der Waals surface area contributed by atoms with Crippen LogP contribution in [0.2, 0.25) is 0 Å². The Morgan fingerprint density at radius 2 is 2.29 bits per heavy atom. The molecule has 0 aromatic heterocycles. The van der Waals surface area contributed by atoms with Crippen molar-refractivity contribution < 1.29 is 4.39 Å². The topological polar surface area (TPSA) is 38.0 Å². The lowest BCUT2D eigenvalue weighted by Gasteiger charge is -2.08. The summed E-state index contributed by atoms with van der Waals surface area (Å²) in [6.07, 6.45) is 3.85. The van der Waals surface area contributed by atoms with Gasteiger partial charge in [0.15, 0.2) is 0 Å². The second-order valence-corrected chi connectivity index (χ2v) is 3.66. The molecule has 0 fully saturated rings. The van der Waals surface area contributed by atoms with Crippen LogP contribution in [-0.4, -0.2) is 6.54 Å². The van der Waals surface area contributed by atoms with E-state index in [2.05, 4.69) is 21.2 Å². The standard InChI is InChI=1S/C10H12BrFN2/c1-2-3-4-14-10-6-8(12)7(11)5-9(10)13/h2-3,5-6,14H,4,13H2,1H3/b3-2+. The van der Waals surface area contributed by atoms with Gasteiger partial charge in [0.2, 0.25) is 0 Å². The zero-order chi connectivity index (χ0) is 10.6. The Morgan fingerprint density at radius 3 is 2.93 bits per heavy atom. The van der Waals surface area contributed by atoms with Crippen molar-refractivity contribution in [3.8, 4) is 0 Å². The highest BCUT2D eigenvalue weighted by molar-refractivity contribution is 9.10. The highest BCUT2D eigenvalue weighted by atomic mass is 79.9. The van der Waals surface area contributed by atoms with Crippen molar-refractivity contribution in [2.24, 2.45) is 0 Å². The van der Waals surface area contributed by atoms with Crippen molar-refractivity contribution in [1.82, 2.24) is 0 Å². The molecular formula is C10H12BrFN2. The Balaban J connectivity index is 2.81. The van der Waals surface area contributed by atoms with Crippen LogP contribution in [0.1, 0.15) is 6.92 Å². The van der Waals surface area contributed by atoms with Gasteiger partial charge in [-0.2, -0.15) is 0 Å². The molecule has 0 aliphatic rings. The van der Waals surface area contributed by atoms with Gasteiger partial charge in [-0.25, -0.2) is 4.39 Å². The summed E-state index contributed by atoms with van der Waals surface area (Å²) in [5, 5.41) is 3.01. The van der Waals surface area contributed by atoms with E-state index in [1.807, 2.05) is 19.1 Å². The van der Waals surface area contributed by atoms with Crippen LogP contribution in [0.25, 0.3) is 0 Å². The third kappa shape index (κ3) is 2.73. The molecule has 0 radical (unpaired) electrons. The summed E-state index contributed by atoms with van der Waals surface area (Å²) in [5.74, 6) is -0.317. The Kier molecular flexibility index (Phi) is 3.95. The van der Waals surface area contributed by atoms with E-state index in [1.165, 1.54) is 6.07 Å². The summed E-state index contributed by atoms with van der Waals surface area (Å²) < 4.78 is 13.5. The van der Waals surface area contributed by atoms with E-state index in [9.17, 15) is 4.39 Å². The number of rotatable bonds is 3. The molecule has 0 heterocycles. The first-order valence-corrected chi connectivity index (χ1v) is 5.04. The average Bonchev–Trinajstić information content (AvgIpc) is 2.14. The highest BCUT2D eigenvalue weighted by Gasteiger charge is 2.04. The minimum absolute atomic E-state index is 0.317. The first-order chi connectivity index (χ1) is 6.65. The molecule has 0 bridgehead atoms. The summed E-state index contributed by atoms with van der Waals surface area (Å²) in [7, 11) is 0. The lowest BCUT2D eigenvalue weighted by atomic mass is 10.2. The number of halogens is 2. The maximum atomic E-state index is 13.1. The summed E-state index contributed by atoms with van der Waals surface area (Å²) in [5.41, 5.74) is 6.83. The zero-order valence-electron chi connectivity index (χ0n) is 7.85. The summed E-state index contributed by atoms with van der Waals surface area (Å²) in [6.45, 7) is 2.56. The molecule has 0 saturated carbocycles. The highest BCUT2D eigenvalue weighted by Crippen LogP contribution is 2.26. The molecule has 14 heavy (non-hydrogen) atoms. The van der Waals surface area contributed by atoms with Crippen LogP contribution in [0.15, 0.2) is 28.8 Å². The van der Waals surface area contributed by atoms with Crippen LogP contribution in [-0.2, 0) is 0 Å². The van der Waals surface area contributed by atoms with Gasteiger partial charge in [-0.3, -0.25) is 0 Å². The van der Waals surface area contributed by atoms with Gasteiger partial charge in [-0.05, 0) is 28.9 Å². The van der Waals surface area contributed by atoms with Crippen molar-refractivity contribution in [2.75, 3.05) is 17.6 Å². The predicted octanol–water partition coefficient (Wildman–Crippen LogP) is 3.16. The van der Waals surface area contributed by atoms with Crippen molar-refractivity contribution in [3.05, 3.63) is 34.6 Å². The molecule has 76 valence electrons. The van der Waals surface area contributed by atoms with E-state index in [4.69, 9.17) is 5.73 Å². The van der Waals surface area contributed by atoms with Gasteiger partial charge < -0.3 is 11.1 Å². The molecule has 0 unspecified atom stereocenters. The number of anilines is 2. The SMILES string of the molecule is C/C=C/CNc1cc(F)c(Br)cc1N. The van der Waals surface area contributed by atoms with E-state index in [0.717, 1.165) is 0 Å². The largest absolute Gasteiger partial charge is 0.397 e. The molecule has 2 nitrogen and oxygen atoms in total. The van der Waals surface area contributed by atoms with Gasteiger partial charge in [0.25, 0.3) is 0 Å². The van der Waals surface area contributed by atoms with Gasteiger partial charge in [-0.1, -0.05) is 12.2 Å². The van der Waals surface area contributed by atoms with Crippen LogP contribution in [0.5, 0.6) is 0 Å². The fourth-order valence-electron chi connectivity index (χ4n) is 1.00. The maximum absolute atomic E-state index is 13.1. The number of nitrogens with two attached hydrogens (primary N) is 1. The van der Waals surface area contributed by atoms with Crippen LogP contribution in [0.3, 0.4) is 0 Å². The minimum Gasteiger partial charge on any atom is -0.397 e. The molecule has 1 aromatic carbocycles. The predicted molar refractivity (Wildman–Crippen MR) is 61.8 cm³/mol. The van der Waals surface area contributed by atoms with Crippen LogP contribution < -0.4 is 11.1 Å². The number of hydrogen-bond acceptors (Lipinski definition) is 2. The van der Waals surface area contributed by atoms with Gasteiger partial charge in [0.05, 0.1) is 15.8 Å². The molecule has 0 saturated heterocycles. The Hall–Kier alpha value is -1.03. The van der Waals surface area contributed by atoms with Crippen molar-refractivity contribution in [1.29, 1.82) is 0 Å². The third-order valence-corrected chi connectivity index (χ3v) is 2.35. The fourth-order valence-corrected chi connectivity index (χ4v) is 1.36. The summed E-state index contributed by atoms with van der Waals surface area (Å²) in [6, 6.07) is 2.93. The Bertz CT molecular complexity index is 350. The van der Waals surface area contributed by atoms with E-state index < -0.39 is 0 Å². The molecule has 4 heteroatoms. The average molecular weight is 259 g/mol. The van der Waals surface area contributed by atoms with Gasteiger partial charge in [0.1, 0.15) is 5.82 Å². The second kappa shape index (κ2) is 5.00. The molecule has 3 N–H and O–H groups in total. The molecule has 0 atom stereocenters. The smallest absolute Gasteiger partial charge is 0.139 e. The molecule has 0 amide bonds. The Labute approximate surface area is 91.1 Å². The monoisotopic (exact) mass is 258 g/mol. The fraction of sp³-hybridized carbons (Fsp3) is 0.200. The van der Waals surface area contributed by atoms with Crippen molar-refractivity contribution in [2.45, 2.75) is 6.92 Å². The quantitative estimate of drug-likeness (QED) is 0.646. The number of hydrogen-bond donors (Lipinski definition) is 2. The van der Waals surface area contributed by atoms with Gasteiger partial charge >= 0.3 is 0 Å². The molecule has 0 aliphatic heterocycles. The normalized spacial score (nSPS) is 10.8. The van der Waals surface area contributed by atoms with Crippen LogP contribution in [0.4, 0.5) is 15.8 Å². The number of allylic oxidation sites excluding steroid dienone is 1. The molecular weight excluding hydrogens is 247 g/mol. The third-order valence-electron chi connectivity index (χ3n) is 1.74. The van der Waals surface area contributed by atoms with Crippen LogP contribution in [0, 0.1) is 5.82 Å². The molecule has 0 spiro atoms. The first kappa shape index (κ1) is 11.0. The number of nitrogen functional groups attached to an aromatic ring is 1. The lowest BCUT2D eigenvalue weighted by Crippen LogP contribution is -2.02. The van der Waals surface area contributed by atoms with Gasteiger partial charge in [-0.15, -0.1) is 0 Å². The number of nitrogens with one attached hydrogen (secondary N) is 1. The minimum atomic E-state index is -0.317. The summed E-state index contributed by atoms with van der Waals surface area (Å²) >= 11 is 3.07. The maximum Gasteiger partial charge on any atom is 0.139 e. The van der Waals surface area contributed by atoms with Crippen LogP contribution >= 0.6 is 15.9 Å². The molecule has 0 aliphatic carbocycles. The summed E-state index contributed by atoms with van der Waals surface area (Å²) in [4.78, 5) is 0. The van der Waals surface area contributed by atoms with E-state index in [0.29, 0.717) is 22.4 Å². The van der Waals surface area contributed by atoms with E-state index >= 15 is 0 Å². The van der Waals surface area contributed by atoms with Crippen molar-refractivity contribution >= 4 is 27.3 Å². The second-order valence-electron chi connectivity index (χ2n) is 2.80. The zero-order valence-corrected chi connectivity index (χ0v) is 9.44. The van der Waals surface area contributed by atoms with E-state index in [-0.39, 0.29) is 5.82 Å². The Morgan fingerprint density at radius 1 is 1.57 bits per heavy atom. The lowest BCUT2D eigenvalue weighted by molar-refractivity contribution is 0.622. The van der Waals surface area contributed by atoms with Gasteiger partial charge in [0, 0.05) is 12.6 Å². The van der Waals surface area contributed by atoms with E-state index in [1.54, 1.807) is 6.07 Å². The molecule has 1 aromatic rings. The molecule has 1 rings (SSSR count). The van der Waals surface area contributed by atoms with Crippen molar-refractivity contribution in [3.63, 3.8) is 0 Å².